The van der Waals surface area contributed by atoms with Gasteiger partial charge < -0.3 is 14.5 Å². The molecule has 0 saturated carbocycles. The van der Waals surface area contributed by atoms with Crippen LogP contribution >= 0.6 is 7.82 Å². The Morgan fingerprint density at radius 3 is 2.50 bits per heavy atom. The summed E-state index contributed by atoms with van der Waals surface area (Å²) in [5.74, 6) is -0.517. The first-order valence-electron chi connectivity index (χ1n) is 5.71. The molecule has 0 aliphatic heterocycles. The number of esters is 1. The molecular formula is C11H21O6P. The average Bonchev–Trinajstić information content (AvgIpc) is 2.24. The molecule has 2 N–H and O–H groups in total. The number of phosphoric acid groups is 1. The van der Waals surface area contributed by atoms with Crippen LogP contribution in [0, 0.1) is 0 Å². The molecule has 0 bridgehead atoms. The fraction of sp³-hybridized carbons (Fsp3) is 0.727. The summed E-state index contributed by atoms with van der Waals surface area (Å²) in [6.45, 7) is 8.38. The highest BCUT2D eigenvalue weighted by molar-refractivity contribution is 7.46. The van der Waals surface area contributed by atoms with Gasteiger partial charge in [0.05, 0.1) is 11.7 Å². The molecule has 0 radical (unpaired) electrons. The van der Waals surface area contributed by atoms with E-state index in [0.29, 0.717) is 19.3 Å². The summed E-state index contributed by atoms with van der Waals surface area (Å²) in [4.78, 5) is 28.6. The van der Waals surface area contributed by atoms with Crippen LogP contribution < -0.4 is 0 Å². The second-order valence-corrected chi connectivity index (χ2v) is 5.54. The maximum absolute atomic E-state index is 10.9. The molecule has 7 heteroatoms. The fourth-order valence-corrected chi connectivity index (χ4v) is 2.18. The van der Waals surface area contributed by atoms with Crippen LogP contribution in [-0.2, 0) is 18.6 Å². The van der Waals surface area contributed by atoms with Crippen LogP contribution in [-0.4, -0.2) is 27.5 Å². The molecule has 2 atom stereocenters. The van der Waals surface area contributed by atoms with Crippen LogP contribution in [0.1, 0.15) is 40.0 Å². The van der Waals surface area contributed by atoms with Crippen molar-refractivity contribution in [2.45, 2.75) is 51.7 Å². The van der Waals surface area contributed by atoms with Crippen LogP contribution in [0.5, 0.6) is 0 Å². The Balaban J connectivity index is 4.33. The Labute approximate surface area is 107 Å². The number of hydrogen-bond donors (Lipinski definition) is 2. The van der Waals surface area contributed by atoms with Crippen molar-refractivity contribution < 1.29 is 28.4 Å². The second kappa shape index (κ2) is 7.04. The normalized spacial score (nSPS) is 16.7. The SMILES string of the molecule is C=CC(=O)OC(C)CCC(C)(CC)OP(=O)(O)O. The van der Waals surface area contributed by atoms with Gasteiger partial charge in [0.1, 0.15) is 0 Å². The molecule has 0 aliphatic rings. The highest BCUT2D eigenvalue weighted by Gasteiger charge is 2.32. The lowest BCUT2D eigenvalue weighted by Gasteiger charge is -2.29. The molecule has 18 heavy (non-hydrogen) atoms. The summed E-state index contributed by atoms with van der Waals surface area (Å²) in [6, 6.07) is 0. The van der Waals surface area contributed by atoms with Crippen LogP contribution in [0.25, 0.3) is 0 Å². The van der Waals surface area contributed by atoms with Crippen molar-refractivity contribution in [3.63, 3.8) is 0 Å². The lowest BCUT2D eigenvalue weighted by atomic mass is 9.96. The molecular weight excluding hydrogens is 259 g/mol. The summed E-state index contributed by atoms with van der Waals surface area (Å²) in [6.07, 6.45) is 1.98. The minimum atomic E-state index is -4.52. The second-order valence-electron chi connectivity index (χ2n) is 4.38. The Morgan fingerprint density at radius 2 is 2.11 bits per heavy atom. The minimum absolute atomic E-state index is 0.359. The lowest BCUT2D eigenvalue weighted by molar-refractivity contribution is -0.143. The Kier molecular flexibility index (Phi) is 6.78. The molecule has 0 amide bonds. The number of phosphoric ester groups is 1. The Bertz CT molecular complexity index is 336. The maximum atomic E-state index is 10.9. The zero-order valence-electron chi connectivity index (χ0n) is 11.0. The molecule has 0 rings (SSSR count). The van der Waals surface area contributed by atoms with Crippen molar-refractivity contribution in [2.24, 2.45) is 0 Å². The van der Waals surface area contributed by atoms with Gasteiger partial charge in [-0.2, -0.15) is 0 Å². The molecule has 0 spiro atoms. The lowest BCUT2D eigenvalue weighted by Crippen LogP contribution is -2.28. The van der Waals surface area contributed by atoms with E-state index in [2.05, 4.69) is 6.58 Å². The zero-order valence-corrected chi connectivity index (χ0v) is 11.9. The molecule has 106 valence electrons. The first-order valence-corrected chi connectivity index (χ1v) is 7.24. The van der Waals surface area contributed by atoms with E-state index < -0.39 is 19.4 Å². The van der Waals surface area contributed by atoms with Crippen LogP contribution in [0.3, 0.4) is 0 Å². The molecule has 2 unspecified atom stereocenters. The summed E-state index contributed by atoms with van der Waals surface area (Å²) in [7, 11) is -4.52. The van der Waals surface area contributed by atoms with E-state index in [-0.39, 0.29) is 6.10 Å². The van der Waals surface area contributed by atoms with Gasteiger partial charge in [-0.3, -0.25) is 4.52 Å². The van der Waals surface area contributed by atoms with Gasteiger partial charge in [-0.25, -0.2) is 9.36 Å². The van der Waals surface area contributed by atoms with Crippen LogP contribution in [0.15, 0.2) is 12.7 Å². The molecule has 0 saturated heterocycles. The molecule has 0 heterocycles. The smallest absolute Gasteiger partial charge is 0.460 e. The summed E-state index contributed by atoms with van der Waals surface area (Å²) in [5.41, 5.74) is -0.937. The first-order chi connectivity index (χ1) is 8.12. The third-order valence-electron chi connectivity index (χ3n) is 2.65. The van der Waals surface area contributed by atoms with E-state index in [1.165, 1.54) is 0 Å². The van der Waals surface area contributed by atoms with E-state index in [4.69, 9.17) is 19.0 Å². The highest BCUT2D eigenvalue weighted by atomic mass is 31.2. The highest BCUT2D eigenvalue weighted by Crippen LogP contribution is 2.44. The van der Waals surface area contributed by atoms with E-state index >= 15 is 0 Å². The number of ether oxygens (including phenoxy) is 1. The Hall–Kier alpha value is -0.680. The topological polar surface area (TPSA) is 93.1 Å². The van der Waals surface area contributed by atoms with Gasteiger partial charge >= 0.3 is 13.8 Å². The van der Waals surface area contributed by atoms with Gasteiger partial charge in [-0.05, 0) is 33.1 Å². The number of carbonyl (C=O) groups is 1. The maximum Gasteiger partial charge on any atom is 0.470 e. The quantitative estimate of drug-likeness (QED) is 0.402. The fourth-order valence-electron chi connectivity index (χ4n) is 1.39. The summed E-state index contributed by atoms with van der Waals surface area (Å²) >= 11 is 0. The van der Waals surface area contributed by atoms with E-state index in [1.54, 1.807) is 20.8 Å². The van der Waals surface area contributed by atoms with Crippen molar-refractivity contribution >= 4 is 13.8 Å². The predicted octanol–water partition coefficient (Wildman–Crippen LogP) is 2.16. The van der Waals surface area contributed by atoms with Gasteiger partial charge in [0.25, 0.3) is 0 Å². The molecule has 0 aromatic carbocycles. The van der Waals surface area contributed by atoms with Gasteiger partial charge in [0.15, 0.2) is 0 Å². The first kappa shape index (κ1) is 17.3. The van der Waals surface area contributed by atoms with Crippen LogP contribution in [0.2, 0.25) is 0 Å². The van der Waals surface area contributed by atoms with Gasteiger partial charge in [-0.1, -0.05) is 13.5 Å². The third kappa shape index (κ3) is 7.61. The van der Waals surface area contributed by atoms with Crippen molar-refractivity contribution in [1.29, 1.82) is 0 Å². The van der Waals surface area contributed by atoms with Crippen molar-refractivity contribution in [2.75, 3.05) is 0 Å². The summed E-state index contributed by atoms with van der Waals surface area (Å²) < 4.78 is 20.6. The minimum Gasteiger partial charge on any atom is -0.460 e. The van der Waals surface area contributed by atoms with Gasteiger partial charge in [0, 0.05) is 6.08 Å². The summed E-state index contributed by atoms with van der Waals surface area (Å²) in [5, 5.41) is 0. The third-order valence-corrected chi connectivity index (χ3v) is 3.33. The predicted molar refractivity (Wildman–Crippen MR) is 66.8 cm³/mol. The molecule has 6 nitrogen and oxygen atoms in total. The van der Waals surface area contributed by atoms with Gasteiger partial charge in [-0.15, -0.1) is 0 Å². The number of rotatable bonds is 8. The average molecular weight is 280 g/mol. The van der Waals surface area contributed by atoms with Gasteiger partial charge in [0.2, 0.25) is 0 Å². The monoisotopic (exact) mass is 280 g/mol. The molecule has 0 fully saturated rings. The molecule has 0 aromatic rings. The number of hydrogen-bond acceptors (Lipinski definition) is 4. The Morgan fingerprint density at radius 1 is 1.56 bits per heavy atom. The zero-order chi connectivity index (χ0) is 14.4. The largest absolute Gasteiger partial charge is 0.470 e. The van der Waals surface area contributed by atoms with E-state index in [0.717, 1.165) is 6.08 Å². The van der Waals surface area contributed by atoms with Crippen molar-refractivity contribution in [1.82, 2.24) is 0 Å². The van der Waals surface area contributed by atoms with Crippen LogP contribution in [0.4, 0.5) is 0 Å². The molecule has 0 aromatic heterocycles. The van der Waals surface area contributed by atoms with Crippen molar-refractivity contribution in [3.8, 4) is 0 Å². The standard InChI is InChI=1S/C11H21O6P/c1-5-10(12)16-9(3)7-8-11(4,6-2)17-18(13,14)15/h5,9H,1,6-8H2,2-4H3,(H2,13,14,15). The number of carbonyl (C=O) groups excluding carboxylic acids is 1. The van der Waals surface area contributed by atoms with E-state index in [9.17, 15) is 9.36 Å². The molecule has 0 aliphatic carbocycles. The van der Waals surface area contributed by atoms with Crippen molar-refractivity contribution in [3.05, 3.63) is 12.7 Å². The van der Waals surface area contributed by atoms with E-state index in [1.807, 2.05) is 0 Å².